The Balaban J connectivity index is 1.52. The molecule has 0 saturated heterocycles. The molecule has 1 aromatic heterocycles. The van der Waals surface area contributed by atoms with Gasteiger partial charge < -0.3 is 24.4 Å². The molecule has 0 bridgehead atoms. The van der Waals surface area contributed by atoms with Gasteiger partial charge >= 0.3 is 6.18 Å². The van der Waals surface area contributed by atoms with Gasteiger partial charge in [0.2, 0.25) is 5.88 Å². The quantitative estimate of drug-likeness (QED) is 0.692. The van der Waals surface area contributed by atoms with Crippen molar-refractivity contribution in [3.8, 4) is 11.6 Å². The highest BCUT2D eigenvalue weighted by Gasteiger charge is 2.51. The fraction of sp³-hybridized carbons (Fsp3) is 0.364. The lowest BCUT2D eigenvalue weighted by atomic mass is 9.84. The van der Waals surface area contributed by atoms with Crippen LogP contribution >= 0.6 is 12.2 Å². The average molecular weight is 463 g/mol. The zero-order chi connectivity index (χ0) is 22.7. The number of aryl methyl sites for hydroxylation is 1. The predicted octanol–water partition coefficient (Wildman–Crippen LogP) is 3.96. The van der Waals surface area contributed by atoms with E-state index < -0.39 is 23.6 Å². The Labute approximate surface area is 188 Å². The van der Waals surface area contributed by atoms with E-state index in [1.807, 2.05) is 31.2 Å². The Bertz CT molecular complexity index is 1140. The summed E-state index contributed by atoms with van der Waals surface area (Å²) < 4.78 is 55.5. The number of ether oxygens (including phenoxy) is 3. The number of hydrogen-bond donors (Lipinski definition) is 1. The van der Waals surface area contributed by atoms with Crippen LogP contribution in [0.25, 0.3) is 0 Å². The number of alkyl halides is 3. The predicted molar refractivity (Wildman–Crippen MR) is 115 cm³/mol. The number of hydrogen-bond acceptors (Lipinski definition) is 5. The summed E-state index contributed by atoms with van der Waals surface area (Å²) in [6.07, 6.45) is -3.92. The number of nitrogens with one attached hydrogen (secondary N) is 1. The molecule has 5 rings (SSSR count). The summed E-state index contributed by atoms with van der Waals surface area (Å²) in [6, 6.07) is 9.40. The van der Waals surface area contributed by atoms with Crippen LogP contribution in [-0.4, -0.2) is 42.6 Å². The third-order valence-electron chi connectivity index (χ3n) is 5.93. The fourth-order valence-corrected chi connectivity index (χ4v) is 4.79. The van der Waals surface area contributed by atoms with Crippen molar-refractivity contribution < 1.29 is 27.4 Å². The van der Waals surface area contributed by atoms with Crippen molar-refractivity contribution in [1.29, 1.82) is 0 Å². The lowest BCUT2D eigenvalue weighted by Crippen LogP contribution is -2.59. The largest absolute Gasteiger partial charge is 0.488 e. The Morgan fingerprint density at radius 1 is 1.34 bits per heavy atom. The van der Waals surface area contributed by atoms with Gasteiger partial charge in [0.15, 0.2) is 10.9 Å². The van der Waals surface area contributed by atoms with E-state index in [1.165, 1.54) is 0 Å². The molecule has 0 radical (unpaired) electrons. The first-order valence-electron chi connectivity index (χ1n) is 10.0. The summed E-state index contributed by atoms with van der Waals surface area (Å²) in [5.74, 6) is 0.180. The molecule has 2 unspecified atom stereocenters. The van der Waals surface area contributed by atoms with Gasteiger partial charge in [-0.25, -0.2) is 4.98 Å². The molecule has 1 spiro atoms. The van der Waals surface area contributed by atoms with E-state index in [-0.39, 0.29) is 19.6 Å². The molecular weight excluding hydrogens is 443 g/mol. The van der Waals surface area contributed by atoms with Gasteiger partial charge in [0.25, 0.3) is 0 Å². The lowest BCUT2D eigenvalue weighted by Gasteiger charge is -2.43. The summed E-state index contributed by atoms with van der Waals surface area (Å²) in [5.41, 5.74) is 2.38. The zero-order valence-corrected chi connectivity index (χ0v) is 18.1. The van der Waals surface area contributed by atoms with Gasteiger partial charge in [0.05, 0.1) is 13.7 Å². The van der Waals surface area contributed by atoms with Gasteiger partial charge in [0.1, 0.15) is 29.7 Å². The van der Waals surface area contributed by atoms with Crippen LogP contribution in [0.15, 0.2) is 42.2 Å². The van der Waals surface area contributed by atoms with Crippen LogP contribution in [0.1, 0.15) is 23.2 Å². The molecule has 0 saturated carbocycles. The summed E-state index contributed by atoms with van der Waals surface area (Å²) in [4.78, 5) is 6.44. The second-order valence-electron chi connectivity index (χ2n) is 7.95. The molecule has 0 aliphatic carbocycles. The number of rotatable bonds is 3. The van der Waals surface area contributed by atoms with Crippen molar-refractivity contribution in [2.24, 2.45) is 0 Å². The smallest absolute Gasteiger partial charge is 0.448 e. The molecule has 2 atom stereocenters. The highest BCUT2D eigenvalue weighted by molar-refractivity contribution is 7.80. The normalized spacial score (nSPS) is 23.8. The van der Waals surface area contributed by atoms with Crippen LogP contribution in [0.3, 0.4) is 0 Å². The highest BCUT2D eigenvalue weighted by atomic mass is 32.1. The molecule has 168 valence electrons. The van der Waals surface area contributed by atoms with Crippen LogP contribution in [-0.2, 0) is 10.3 Å². The van der Waals surface area contributed by atoms with Crippen LogP contribution in [0.2, 0.25) is 0 Å². The van der Waals surface area contributed by atoms with Gasteiger partial charge in [-0.15, -0.1) is 0 Å². The number of fused-ring (bicyclic) bond motifs is 4. The number of para-hydroxylation sites is 1. The highest BCUT2D eigenvalue weighted by Crippen LogP contribution is 2.48. The minimum Gasteiger partial charge on any atom is -0.488 e. The number of pyridine rings is 1. The van der Waals surface area contributed by atoms with E-state index in [9.17, 15) is 13.2 Å². The molecule has 32 heavy (non-hydrogen) atoms. The van der Waals surface area contributed by atoms with Gasteiger partial charge in [-0.1, -0.05) is 18.2 Å². The van der Waals surface area contributed by atoms with Crippen LogP contribution in [0, 0.1) is 6.92 Å². The lowest BCUT2D eigenvalue weighted by molar-refractivity contribution is -0.133. The summed E-state index contributed by atoms with van der Waals surface area (Å²) in [5, 5.41) is 3.73. The van der Waals surface area contributed by atoms with Crippen LogP contribution < -0.4 is 19.7 Å². The Morgan fingerprint density at radius 2 is 2.12 bits per heavy atom. The number of nitrogens with zero attached hydrogens (tertiary/aromatic N) is 2. The first kappa shape index (κ1) is 20.9. The number of halogens is 3. The molecule has 3 aliphatic heterocycles. The van der Waals surface area contributed by atoms with Crippen molar-refractivity contribution in [1.82, 2.24) is 10.3 Å². The maximum Gasteiger partial charge on any atom is 0.448 e. The van der Waals surface area contributed by atoms with Crippen LogP contribution in [0.5, 0.6) is 11.6 Å². The molecular formula is C22H20F3N3O3S. The van der Waals surface area contributed by atoms with E-state index in [2.05, 4.69) is 10.3 Å². The molecule has 2 aromatic rings. The van der Waals surface area contributed by atoms with Crippen molar-refractivity contribution in [2.75, 3.05) is 25.2 Å². The van der Waals surface area contributed by atoms with Crippen molar-refractivity contribution >= 4 is 23.0 Å². The second kappa shape index (κ2) is 7.26. The van der Waals surface area contributed by atoms with E-state index in [0.29, 0.717) is 22.4 Å². The van der Waals surface area contributed by atoms with Crippen molar-refractivity contribution in [2.45, 2.75) is 31.2 Å². The maximum absolute atomic E-state index is 13.0. The molecule has 1 N–H and O–H groups in total. The van der Waals surface area contributed by atoms with E-state index >= 15 is 0 Å². The molecule has 6 nitrogen and oxygen atoms in total. The molecule has 3 aliphatic rings. The van der Waals surface area contributed by atoms with Gasteiger partial charge in [-0.05, 0) is 36.8 Å². The van der Waals surface area contributed by atoms with Crippen LogP contribution in [0.4, 0.5) is 18.9 Å². The number of aromatic nitrogens is 1. The third-order valence-corrected chi connectivity index (χ3v) is 6.25. The number of methoxy groups -OCH3 is 1. The van der Waals surface area contributed by atoms with E-state index in [0.717, 1.165) is 22.9 Å². The number of allylic oxidation sites excluding steroid dienone is 1. The minimum atomic E-state index is -4.50. The van der Waals surface area contributed by atoms with Gasteiger partial charge in [-0.3, -0.25) is 0 Å². The SMILES string of the molecule is COc1cc(C)c2c(n1)C1(CO2)NC(=S)N(CC2CC=C(C(F)(F)F)O2)c2ccccc21. The number of anilines is 1. The topological polar surface area (TPSA) is 55.9 Å². The van der Waals surface area contributed by atoms with Gasteiger partial charge in [-0.2, -0.15) is 13.2 Å². The zero-order valence-electron chi connectivity index (χ0n) is 17.3. The number of benzene rings is 1. The van der Waals surface area contributed by atoms with Crippen molar-refractivity contribution in [3.05, 3.63) is 59.0 Å². The molecule has 4 heterocycles. The first-order chi connectivity index (χ1) is 15.2. The van der Waals surface area contributed by atoms with Gasteiger partial charge in [0, 0.05) is 23.7 Å². The molecule has 1 aromatic carbocycles. The summed E-state index contributed by atoms with van der Waals surface area (Å²) >= 11 is 5.68. The minimum absolute atomic E-state index is 0.158. The summed E-state index contributed by atoms with van der Waals surface area (Å²) in [6.45, 7) is 2.37. The Hall–Kier alpha value is -3.01. The van der Waals surface area contributed by atoms with E-state index in [4.69, 9.17) is 26.4 Å². The maximum atomic E-state index is 13.0. The number of thiocarbonyl (C=S) groups is 1. The fourth-order valence-electron chi connectivity index (χ4n) is 4.45. The molecule has 0 amide bonds. The van der Waals surface area contributed by atoms with E-state index in [1.54, 1.807) is 18.1 Å². The molecule has 0 fully saturated rings. The first-order valence-corrected chi connectivity index (χ1v) is 10.5. The Kier molecular flexibility index (Phi) is 4.74. The van der Waals surface area contributed by atoms with Crippen molar-refractivity contribution in [3.63, 3.8) is 0 Å². The Morgan fingerprint density at radius 3 is 2.84 bits per heavy atom. The standard InChI is InChI=1S/C22H20F3N3O3S/c1-12-9-17(29-2)26-19-18(12)30-11-21(19)14-5-3-4-6-15(14)28(20(32)27-21)10-13-7-8-16(31-13)22(23,24)25/h3-6,8-9,13H,7,10-11H2,1-2H3,(H,27,32). The second-order valence-corrected chi connectivity index (χ2v) is 8.34. The average Bonchev–Trinajstić information content (AvgIpc) is 3.37. The third kappa shape index (κ3) is 3.16. The molecule has 10 heteroatoms. The monoisotopic (exact) mass is 463 g/mol. The summed E-state index contributed by atoms with van der Waals surface area (Å²) in [7, 11) is 1.55.